The molecule has 0 radical (unpaired) electrons. The number of aliphatic carboxylic acids is 1. The van der Waals surface area contributed by atoms with Crippen molar-refractivity contribution < 1.29 is 9.90 Å². The highest BCUT2D eigenvalue weighted by Gasteiger charge is 2.10. The van der Waals surface area contributed by atoms with Crippen molar-refractivity contribution in [1.29, 1.82) is 0 Å². The molecule has 4 nitrogen and oxygen atoms in total. The maximum Gasteiger partial charge on any atom is 0.320 e. The van der Waals surface area contributed by atoms with E-state index in [-0.39, 0.29) is 6.04 Å². The van der Waals surface area contributed by atoms with Crippen molar-refractivity contribution in [2.45, 2.75) is 38.3 Å². The second-order valence-electron chi connectivity index (χ2n) is 2.85. The van der Waals surface area contributed by atoms with E-state index in [2.05, 4.69) is 0 Å². The molecule has 2 unspecified atom stereocenters. The Morgan fingerprint density at radius 3 is 2.36 bits per heavy atom. The van der Waals surface area contributed by atoms with Crippen molar-refractivity contribution in [3.05, 3.63) is 0 Å². The predicted molar refractivity (Wildman–Crippen MR) is 43.1 cm³/mol. The maximum atomic E-state index is 10.2. The van der Waals surface area contributed by atoms with Crippen LogP contribution in [-0.4, -0.2) is 23.2 Å². The molecular formula is C7H16N2O2. The summed E-state index contributed by atoms with van der Waals surface area (Å²) in [4.78, 5) is 10.2. The van der Waals surface area contributed by atoms with Gasteiger partial charge in [0, 0.05) is 6.04 Å². The molecule has 0 aromatic carbocycles. The molecule has 11 heavy (non-hydrogen) atoms. The van der Waals surface area contributed by atoms with Gasteiger partial charge in [-0.2, -0.15) is 0 Å². The number of carboxylic acids is 1. The third-order valence-corrected chi connectivity index (χ3v) is 1.49. The van der Waals surface area contributed by atoms with E-state index >= 15 is 0 Å². The van der Waals surface area contributed by atoms with Gasteiger partial charge in [0.05, 0.1) is 0 Å². The van der Waals surface area contributed by atoms with Gasteiger partial charge in [-0.1, -0.05) is 0 Å². The summed E-state index contributed by atoms with van der Waals surface area (Å²) < 4.78 is 0. The minimum Gasteiger partial charge on any atom is -0.480 e. The van der Waals surface area contributed by atoms with E-state index in [0.29, 0.717) is 6.42 Å². The van der Waals surface area contributed by atoms with Crippen LogP contribution in [0.4, 0.5) is 0 Å². The Morgan fingerprint density at radius 1 is 1.45 bits per heavy atom. The highest BCUT2D eigenvalue weighted by molar-refractivity contribution is 5.72. The lowest BCUT2D eigenvalue weighted by atomic mass is 10.1. The molecule has 0 aromatic heterocycles. The summed E-state index contributed by atoms with van der Waals surface area (Å²) in [5.74, 6) is -0.935. The van der Waals surface area contributed by atoms with Crippen LogP contribution in [0.25, 0.3) is 0 Å². The second-order valence-corrected chi connectivity index (χ2v) is 2.85. The van der Waals surface area contributed by atoms with Crippen molar-refractivity contribution in [3.63, 3.8) is 0 Å². The molecule has 5 N–H and O–H groups in total. The topological polar surface area (TPSA) is 89.3 Å². The molecule has 0 amide bonds. The summed E-state index contributed by atoms with van der Waals surface area (Å²) in [5.41, 5.74) is 10.7. The largest absolute Gasteiger partial charge is 0.480 e. The summed E-state index contributed by atoms with van der Waals surface area (Å²) >= 11 is 0. The molecule has 4 heteroatoms. The minimum absolute atomic E-state index is 0.135. The molecule has 0 aromatic rings. The average Bonchev–Trinajstić information content (AvgIpc) is 1.86. The molecule has 0 aliphatic rings. The first kappa shape index (κ1) is 10.4. The Bertz CT molecular complexity index is 126. The van der Waals surface area contributed by atoms with Gasteiger partial charge in [-0.05, 0) is 26.2 Å². The number of hydrogen-bond acceptors (Lipinski definition) is 3. The van der Waals surface area contributed by atoms with Gasteiger partial charge in [0.25, 0.3) is 0 Å². The lowest BCUT2D eigenvalue weighted by molar-refractivity contribution is -0.138. The van der Waals surface area contributed by atoms with Crippen molar-refractivity contribution >= 4 is 5.97 Å². The Balaban J connectivity index is 3.31. The second kappa shape index (κ2) is 5.09. The first-order valence-corrected chi connectivity index (χ1v) is 3.78. The Hall–Kier alpha value is -0.610. The van der Waals surface area contributed by atoms with Crippen LogP contribution in [0.1, 0.15) is 26.2 Å². The summed E-state index contributed by atoms with van der Waals surface area (Å²) in [7, 11) is 0. The van der Waals surface area contributed by atoms with Crippen molar-refractivity contribution in [1.82, 2.24) is 0 Å². The molecule has 0 saturated carbocycles. The fourth-order valence-electron chi connectivity index (χ4n) is 0.783. The summed E-state index contributed by atoms with van der Waals surface area (Å²) in [6.45, 7) is 1.90. The standard InChI is InChI=1S/C7H16N2O2/c1-5(8)3-2-4-6(9)7(10)11/h5-6H,2-4,8-9H2,1H3,(H,10,11). The Morgan fingerprint density at radius 2 is 2.00 bits per heavy atom. The smallest absolute Gasteiger partial charge is 0.320 e. The van der Waals surface area contributed by atoms with Gasteiger partial charge in [0.2, 0.25) is 0 Å². The predicted octanol–water partition coefficient (Wildman–Crippen LogP) is -0.0842. The monoisotopic (exact) mass is 160 g/mol. The molecule has 0 aliphatic carbocycles. The summed E-state index contributed by atoms with van der Waals surface area (Å²) in [5, 5.41) is 8.39. The van der Waals surface area contributed by atoms with Crippen molar-refractivity contribution in [2.24, 2.45) is 11.5 Å². The average molecular weight is 160 g/mol. The van der Waals surface area contributed by atoms with E-state index in [1.807, 2.05) is 6.92 Å². The van der Waals surface area contributed by atoms with Crippen LogP contribution in [0.5, 0.6) is 0 Å². The number of rotatable bonds is 5. The summed E-state index contributed by atoms with van der Waals surface area (Å²) in [6, 6.07) is -0.593. The van der Waals surface area contributed by atoms with E-state index in [4.69, 9.17) is 16.6 Å². The Labute approximate surface area is 66.6 Å². The summed E-state index contributed by atoms with van der Waals surface area (Å²) in [6.07, 6.45) is 2.13. The lowest BCUT2D eigenvalue weighted by Crippen LogP contribution is -2.30. The first-order valence-electron chi connectivity index (χ1n) is 3.78. The van der Waals surface area contributed by atoms with E-state index in [1.54, 1.807) is 0 Å². The Kier molecular flexibility index (Phi) is 4.81. The van der Waals surface area contributed by atoms with Gasteiger partial charge in [-0.15, -0.1) is 0 Å². The molecule has 0 fully saturated rings. The molecule has 0 saturated heterocycles. The molecule has 66 valence electrons. The fraction of sp³-hybridized carbons (Fsp3) is 0.857. The molecule has 0 aliphatic heterocycles. The normalized spacial score (nSPS) is 15.9. The van der Waals surface area contributed by atoms with E-state index in [9.17, 15) is 4.79 Å². The van der Waals surface area contributed by atoms with Gasteiger partial charge < -0.3 is 16.6 Å². The fourth-order valence-corrected chi connectivity index (χ4v) is 0.783. The lowest BCUT2D eigenvalue weighted by Gasteiger charge is -2.07. The van der Waals surface area contributed by atoms with Crippen LogP contribution in [0.15, 0.2) is 0 Å². The molecule has 2 atom stereocenters. The van der Waals surface area contributed by atoms with Gasteiger partial charge in [-0.3, -0.25) is 4.79 Å². The number of hydrogen-bond donors (Lipinski definition) is 3. The van der Waals surface area contributed by atoms with Crippen LogP contribution >= 0.6 is 0 Å². The number of carboxylic acid groups (broad SMARTS) is 1. The molecule has 0 rings (SSSR count). The molecule has 0 heterocycles. The van der Waals surface area contributed by atoms with Crippen LogP contribution in [0.2, 0.25) is 0 Å². The van der Waals surface area contributed by atoms with Gasteiger partial charge in [0.1, 0.15) is 6.04 Å². The zero-order valence-electron chi connectivity index (χ0n) is 6.79. The van der Waals surface area contributed by atoms with E-state index in [0.717, 1.165) is 12.8 Å². The van der Waals surface area contributed by atoms with Crippen LogP contribution in [0.3, 0.4) is 0 Å². The number of carbonyl (C=O) groups is 1. The van der Waals surface area contributed by atoms with Crippen LogP contribution in [0, 0.1) is 0 Å². The minimum atomic E-state index is -0.935. The third-order valence-electron chi connectivity index (χ3n) is 1.49. The highest BCUT2D eigenvalue weighted by Crippen LogP contribution is 2.00. The van der Waals surface area contributed by atoms with Crippen molar-refractivity contribution in [3.8, 4) is 0 Å². The highest BCUT2D eigenvalue weighted by atomic mass is 16.4. The number of nitrogens with two attached hydrogens (primary N) is 2. The zero-order chi connectivity index (χ0) is 8.85. The molecule has 0 spiro atoms. The van der Waals surface area contributed by atoms with Crippen molar-refractivity contribution in [2.75, 3.05) is 0 Å². The SMILES string of the molecule is CC(N)CCCC(N)C(=O)O. The van der Waals surface area contributed by atoms with E-state index < -0.39 is 12.0 Å². The quantitative estimate of drug-likeness (QED) is 0.524. The van der Waals surface area contributed by atoms with Crippen LogP contribution in [-0.2, 0) is 4.79 Å². The van der Waals surface area contributed by atoms with Crippen LogP contribution < -0.4 is 11.5 Å². The maximum absolute atomic E-state index is 10.2. The van der Waals surface area contributed by atoms with E-state index in [1.165, 1.54) is 0 Å². The first-order chi connectivity index (χ1) is 5.04. The van der Waals surface area contributed by atoms with Gasteiger partial charge in [0.15, 0.2) is 0 Å². The zero-order valence-corrected chi connectivity index (χ0v) is 6.79. The molecule has 0 bridgehead atoms. The third kappa shape index (κ3) is 5.82. The molecular weight excluding hydrogens is 144 g/mol. The van der Waals surface area contributed by atoms with Gasteiger partial charge >= 0.3 is 5.97 Å². The van der Waals surface area contributed by atoms with Gasteiger partial charge in [-0.25, -0.2) is 0 Å².